The maximum atomic E-state index is 11.8. The second-order valence-corrected chi connectivity index (χ2v) is 7.10. The molecule has 0 bridgehead atoms. The molecule has 0 amide bonds. The van der Waals surface area contributed by atoms with Crippen LogP contribution in [0.15, 0.2) is 5.38 Å². The molecule has 0 saturated heterocycles. The molecule has 0 atom stereocenters. The highest BCUT2D eigenvalue weighted by molar-refractivity contribution is 7.15. The molecule has 0 unspecified atom stereocenters. The molecule has 3 rings (SSSR count). The number of imidazole rings is 1. The number of ether oxygens (including phenoxy) is 2. The Kier molecular flexibility index (Phi) is 3.15. The summed E-state index contributed by atoms with van der Waals surface area (Å²) < 4.78 is 13.3. The van der Waals surface area contributed by atoms with Crippen LogP contribution in [0.5, 0.6) is 0 Å². The first-order valence-corrected chi connectivity index (χ1v) is 8.00. The van der Waals surface area contributed by atoms with Gasteiger partial charge in [-0.2, -0.15) is 0 Å². The summed E-state index contributed by atoms with van der Waals surface area (Å²) >= 11 is 1.55. The molecule has 2 aromatic heterocycles. The summed E-state index contributed by atoms with van der Waals surface area (Å²) in [5.41, 5.74) is 2.08. The van der Waals surface area contributed by atoms with E-state index in [2.05, 4.69) is 4.40 Å². The summed E-state index contributed by atoms with van der Waals surface area (Å²) in [5, 5.41) is 1.97. The van der Waals surface area contributed by atoms with Crippen LogP contribution in [-0.2, 0) is 31.9 Å². The molecule has 0 spiro atoms. The van der Waals surface area contributed by atoms with Crippen molar-refractivity contribution < 1.29 is 14.3 Å². The smallest absolute Gasteiger partial charge is 0.311 e. The molecule has 1 aliphatic heterocycles. The number of rotatable bonds is 3. The van der Waals surface area contributed by atoms with Crippen molar-refractivity contribution in [3.8, 4) is 0 Å². The number of aromatic nitrogens is 2. The number of hydrogen-bond acceptors (Lipinski definition) is 5. The van der Waals surface area contributed by atoms with Gasteiger partial charge in [0.1, 0.15) is 11.2 Å². The summed E-state index contributed by atoms with van der Waals surface area (Å²) in [6.45, 7) is 10.4. The van der Waals surface area contributed by atoms with Gasteiger partial charge in [-0.1, -0.05) is 0 Å². The van der Waals surface area contributed by atoms with Crippen LogP contribution in [0.25, 0.3) is 4.96 Å². The summed E-state index contributed by atoms with van der Waals surface area (Å²) in [5.74, 6) is -0.212. The van der Waals surface area contributed by atoms with Crippen LogP contribution < -0.4 is 0 Å². The summed E-state index contributed by atoms with van der Waals surface area (Å²) in [6.07, 6.45) is 0.257. The number of nitrogens with zero attached hydrogens (tertiary/aromatic N) is 2. The summed E-state index contributed by atoms with van der Waals surface area (Å²) in [7, 11) is 0. The van der Waals surface area contributed by atoms with Crippen LogP contribution in [0.3, 0.4) is 0 Å². The lowest BCUT2D eigenvalue weighted by molar-refractivity contribution is -0.142. The van der Waals surface area contributed by atoms with Gasteiger partial charge in [-0.3, -0.25) is 9.20 Å². The molecule has 0 saturated carbocycles. The normalized spacial score (nSPS) is 18.9. The van der Waals surface area contributed by atoms with Gasteiger partial charge in [-0.15, -0.1) is 11.3 Å². The van der Waals surface area contributed by atoms with Gasteiger partial charge in [0, 0.05) is 11.1 Å². The van der Waals surface area contributed by atoms with Crippen LogP contribution >= 0.6 is 11.3 Å². The molecular weight excluding hydrogens is 288 g/mol. The van der Waals surface area contributed by atoms with E-state index in [1.807, 2.05) is 40.0 Å². The van der Waals surface area contributed by atoms with E-state index in [-0.39, 0.29) is 12.4 Å². The molecule has 1 aliphatic rings. The molecule has 2 aromatic rings. The third-order valence-corrected chi connectivity index (χ3v) is 4.59. The third kappa shape index (κ3) is 2.17. The molecule has 6 heteroatoms. The van der Waals surface area contributed by atoms with E-state index < -0.39 is 11.2 Å². The molecule has 0 N–H and O–H groups in total. The minimum absolute atomic E-state index is 0.212. The molecular formula is C15H20N2O3S. The Morgan fingerprint density at radius 3 is 2.76 bits per heavy atom. The highest BCUT2D eigenvalue weighted by Crippen LogP contribution is 2.47. The van der Waals surface area contributed by atoms with Gasteiger partial charge in [0.2, 0.25) is 0 Å². The van der Waals surface area contributed by atoms with Crippen LogP contribution in [0.2, 0.25) is 0 Å². The molecule has 0 fully saturated rings. The van der Waals surface area contributed by atoms with Crippen LogP contribution in [0.1, 0.15) is 51.7 Å². The van der Waals surface area contributed by atoms with E-state index in [4.69, 9.17) is 14.5 Å². The topological polar surface area (TPSA) is 52.8 Å². The number of thiazole rings is 1. The Morgan fingerprint density at radius 2 is 2.10 bits per heavy atom. The van der Waals surface area contributed by atoms with Crippen molar-refractivity contribution in [2.45, 2.75) is 52.2 Å². The van der Waals surface area contributed by atoms with Crippen molar-refractivity contribution in [2.24, 2.45) is 0 Å². The number of hydrogen-bond donors (Lipinski definition) is 0. The lowest BCUT2D eigenvalue weighted by atomic mass is 10.0. The van der Waals surface area contributed by atoms with E-state index in [0.29, 0.717) is 6.61 Å². The van der Waals surface area contributed by atoms with Crippen LogP contribution in [0.4, 0.5) is 0 Å². The fraction of sp³-hybridized carbons (Fsp3) is 0.600. The SMILES string of the molecule is CCOC(=O)Cc1csc2nc3c(n12)C(C)(C)OC3(C)C. The molecule has 0 radical (unpaired) electrons. The predicted octanol–water partition coefficient (Wildman–Crippen LogP) is 3.00. The van der Waals surface area contributed by atoms with Crippen molar-refractivity contribution in [2.75, 3.05) is 6.61 Å². The number of esters is 1. The monoisotopic (exact) mass is 308 g/mol. The number of fused-ring (bicyclic) bond motifs is 3. The minimum atomic E-state index is -0.428. The third-order valence-electron chi connectivity index (χ3n) is 3.72. The fourth-order valence-corrected chi connectivity index (χ4v) is 4.00. The summed E-state index contributed by atoms with van der Waals surface area (Å²) in [4.78, 5) is 17.4. The van der Waals surface area contributed by atoms with Crippen molar-refractivity contribution in [3.05, 3.63) is 22.5 Å². The first-order chi connectivity index (χ1) is 9.76. The second-order valence-electron chi connectivity index (χ2n) is 6.26. The first-order valence-electron chi connectivity index (χ1n) is 7.12. The van der Waals surface area contributed by atoms with Crippen molar-refractivity contribution >= 4 is 22.3 Å². The quantitative estimate of drug-likeness (QED) is 0.818. The van der Waals surface area contributed by atoms with Gasteiger partial charge >= 0.3 is 5.97 Å². The number of carbonyl (C=O) groups excluding carboxylic acids is 1. The second kappa shape index (κ2) is 4.55. The highest BCUT2D eigenvalue weighted by atomic mass is 32.1. The fourth-order valence-electron chi connectivity index (χ4n) is 3.11. The largest absolute Gasteiger partial charge is 0.466 e. The lowest BCUT2D eigenvalue weighted by Crippen LogP contribution is -2.24. The van der Waals surface area contributed by atoms with Gasteiger partial charge in [-0.05, 0) is 34.6 Å². The zero-order valence-corrected chi connectivity index (χ0v) is 13.8. The first kappa shape index (κ1) is 14.5. The Balaban J connectivity index is 2.13. The van der Waals surface area contributed by atoms with Gasteiger partial charge in [0.25, 0.3) is 0 Å². The molecule has 0 aliphatic carbocycles. The Bertz CT molecular complexity index is 712. The van der Waals surface area contributed by atoms with E-state index in [0.717, 1.165) is 22.0 Å². The average Bonchev–Trinajstić information content (AvgIpc) is 2.92. The minimum Gasteiger partial charge on any atom is -0.466 e. The molecule has 114 valence electrons. The van der Waals surface area contributed by atoms with Crippen LogP contribution in [-0.4, -0.2) is 22.0 Å². The Hall–Kier alpha value is -1.40. The Labute approximate surface area is 127 Å². The van der Waals surface area contributed by atoms with E-state index in [1.54, 1.807) is 11.3 Å². The highest BCUT2D eigenvalue weighted by Gasteiger charge is 2.47. The molecule has 0 aromatic carbocycles. The zero-order valence-electron chi connectivity index (χ0n) is 13.0. The van der Waals surface area contributed by atoms with E-state index in [9.17, 15) is 4.79 Å². The maximum absolute atomic E-state index is 11.8. The van der Waals surface area contributed by atoms with Crippen LogP contribution in [0, 0.1) is 0 Å². The number of carbonyl (C=O) groups is 1. The van der Waals surface area contributed by atoms with Crippen molar-refractivity contribution in [3.63, 3.8) is 0 Å². The maximum Gasteiger partial charge on any atom is 0.311 e. The lowest BCUT2D eigenvalue weighted by Gasteiger charge is -2.25. The van der Waals surface area contributed by atoms with E-state index >= 15 is 0 Å². The van der Waals surface area contributed by atoms with Crippen molar-refractivity contribution in [1.82, 2.24) is 9.38 Å². The molecule has 21 heavy (non-hydrogen) atoms. The molecule has 5 nitrogen and oxygen atoms in total. The zero-order chi connectivity index (χ0) is 15.4. The average molecular weight is 308 g/mol. The van der Waals surface area contributed by atoms with Gasteiger partial charge in [-0.25, -0.2) is 4.98 Å². The predicted molar refractivity (Wildman–Crippen MR) is 80.5 cm³/mol. The van der Waals surface area contributed by atoms with Crippen molar-refractivity contribution in [1.29, 1.82) is 0 Å². The molecule has 3 heterocycles. The standard InChI is InChI=1S/C15H20N2O3S/c1-6-19-10(18)7-9-8-21-13-16-11-12(17(9)13)15(4,5)20-14(11,2)3/h8H,6-7H2,1-5H3. The Morgan fingerprint density at radius 1 is 1.38 bits per heavy atom. The van der Waals surface area contributed by atoms with E-state index in [1.165, 1.54) is 0 Å². The summed E-state index contributed by atoms with van der Waals surface area (Å²) in [6, 6.07) is 0. The van der Waals surface area contributed by atoms with Gasteiger partial charge in [0.15, 0.2) is 4.96 Å². The van der Waals surface area contributed by atoms with Gasteiger partial charge < -0.3 is 9.47 Å². The van der Waals surface area contributed by atoms with Gasteiger partial charge in [0.05, 0.1) is 24.4 Å².